The van der Waals surface area contributed by atoms with Gasteiger partial charge in [0.1, 0.15) is 11.6 Å². The number of fused-ring (bicyclic) bond motifs is 1. The average Bonchev–Trinajstić information content (AvgIpc) is 3.49. The van der Waals surface area contributed by atoms with Gasteiger partial charge in [-0.2, -0.15) is 0 Å². The molecule has 3 unspecified atom stereocenters. The number of hydrogen-bond donors (Lipinski definition) is 3. The van der Waals surface area contributed by atoms with Crippen LogP contribution in [0.15, 0.2) is 78.9 Å². The van der Waals surface area contributed by atoms with Crippen molar-refractivity contribution in [3.8, 4) is 0 Å². The number of benzene rings is 3. The molecule has 3 aromatic rings. The van der Waals surface area contributed by atoms with Crippen LogP contribution in [0.4, 0.5) is 11.4 Å². The highest BCUT2D eigenvalue weighted by Gasteiger charge is 2.80. The van der Waals surface area contributed by atoms with Gasteiger partial charge in [0.05, 0.1) is 30.1 Å². The first-order valence-electron chi connectivity index (χ1n) is 14.5. The Morgan fingerprint density at radius 3 is 2.33 bits per heavy atom. The molecule has 3 heterocycles. The SMILES string of the molecule is Cc1ccc(C)c(NC(=O)C2N([C@H](CO)c3ccccc3)C(=O)[C@@H]3[C@@H](C(=O)Nc4ccccc4)[C@]4(C)OC23CC4C)c1. The number of aliphatic hydroxyl groups excluding tert-OH is 1. The average molecular weight is 568 g/mol. The number of carbonyl (C=O) groups is 3. The van der Waals surface area contributed by atoms with Crippen molar-refractivity contribution >= 4 is 29.1 Å². The number of ether oxygens (including phenoxy) is 1. The lowest BCUT2D eigenvalue weighted by Gasteiger charge is -2.37. The minimum Gasteiger partial charge on any atom is -0.394 e. The van der Waals surface area contributed by atoms with E-state index in [9.17, 15) is 19.5 Å². The number of nitrogens with zero attached hydrogens (tertiary/aromatic N) is 1. The van der Waals surface area contributed by atoms with Gasteiger partial charge in [0.2, 0.25) is 17.7 Å². The number of para-hydroxylation sites is 1. The van der Waals surface area contributed by atoms with Crippen molar-refractivity contribution in [1.82, 2.24) is 4.90 Å². The minimum atomic E-state index is -1.24. The molecule has 3 aromatic carbocycles. The number of anilines is 2. The zero-order chi connectivity index (χ0) is 29.8. The van der Waals surface area contributed by atoms with Crippen LogP contribution in [0.1, 0.15) is 43.0 Å². The lowest BCUT2D eigenvalue weighted by molar-refractivity contribution is -0.148. The fraction of sp³-hybridized carbons (Fsp3) is 0.382. The van der Waals surface area contributed by atoms with Crippen LogP contribution in [-0.2, 0) is 19.1 Å². The van der Waals surface area contributed by atoms with Gasteiger partial charge in [-0.1, -0.05) is 67.6 Å². The molecule has 2 bridgehead atoms. The molecule has 3 N–H and O–H groups in total. The van der Waals surface area contributed by atoms with Crippen molar-refractivity contribution in [2.75, 3.05) is 17.2 Å². The Bertz CT molecular complexity index is 1530. The Morgan fingerprint density at radius 2 is 1.67 bits per heavy atom. The Hall–Kier alpha value is -4.01. The number of rotatable bonds is 7. The van der Waals surface area contributed by atoms with Gasteiger partial charge in [-0.15, -0.1) is 0 Å². The zero-order valence-corrected chi connectivity index (χ0v) is 24.3. The quantitative estimate of drug-likeness (QED) is 0.386. The van der Waals surface area contributed by atoms with Gasteiger partial charge < -0.3 is 25.4 Å². The molecule has 3 aliphatic rings. The van der Waals surface area contributed by atoms with Gasteiger partial charge in [0, 0.05) is 11.4 Å². The summed E-state index contributed by atoms with van der Waals surface area (Å²) in [7, 11) is 0. The van der Waals surface area contributed by atoms with E-state index in [-0.39, 0.29) is 24.3 Å². The number of hydrogen-bond acceptors (Lipinski definition) is 5. The molecule has 7 atom stereocenters. The first kappa shape index (κ1) is 28.1. The summed E-state index contributed by atoms with van der Waals surface area (Å²) in [6, 6.07) is 22.3. The number of aliphatic hydroxyl groups is 1. The summed E-state index contributed by atoms with van der Waals surface area (Å²) >= 11 is 0. The van der Waals surface area contributed by atoms with Crippen LogP contribution in [0.2, 0.25) is 0 Å². The van der Waals surface area contributed by atoms with Crippen LogP contribution >= 0.6 is 0 Å². The van der Waals surface area contributed by atoms with Gasteiger partial charge in [0.15, 0.2) is 0 Å². The van der Waals surface area contributed by atoms with E-state index in [1.165, 1.54) is 4.90 Å². The highest BCUT2D eigenvalue weighted by Crippen LogP contribution is 2.66. The summed E-state index contributed by atoms with van der Waals surface area (Å²) in [5.74, 6) is -2.89. The third-order valence-corrected chi connectivity index (χ3v) is 9.67. The molecule has 8 nitrogen and oxygen atoms in total. The number of likely N-dealkylation sites (tertiary alicyclic amines) is 1. The van der Waals surface area contributed by atoms with Crippen LogP contribution in [0.5, 0.6) is 0 Å². The molecule has 0 saturated carbocycles. The van der Waals surface area contributed by atoms with Gasteiger partial charge in [-0.05, 0) is 68.0 Å². The monoisotopic (exact) mass is 567 g/mol. The van der Waals surface area contributed by atoms with E-state index in [1.54, 1.807) is 12.1 Å². The molecule has 6 rings (SSSR count). The molecule has 3 amide bonds. The summed E-state index contributed by atoms with van der Waals surface area (Å²) in [5, 5.41) is 16.8. The molecule has 0 aliphatic carbocycles. The van der Waals surface area contributed by atoms with Crippen molar-refractivity contribution in [2.45, 2.75) is 57.4 Å². The molecule has 218 valence electrons. The second kappa shape index (κ2) is 10.4. The lowest BCUT2D eigenvalue weighted by atomic mass is 9.62. The molecular formula is C34H37N3O5. The number of nitrogens with one attached hydrogen (secondary N) is 2. The molecular weight excluding hydrogens is 530 g/mol. The smallest absolute Gasteiger partial charge is 0.250 e. The summed E-state index contributed by atoms with van der Waals surface area (Å²) in [5.41, 5.74) is 1.65. The first-order chi connectivity index (χ1) is 20.1. The van der Waals surface area contributed by atoms with Gasteiger partial charge >= 0.3 is 0 Å². The lowest BCUT2D eigenvalue weighted by Crippen LogP contribution is -2.54. The molecule has 1 spiro atoms. The van der Waals surface area contributed by atoms with Crippen molar-refractivity contribution in [3.05, 3.63) is 95.6 Å². The molecule has 8 heteroatoms. The van der Waals surface area contributed by atoms with E-state index >= 15 is 0 Å². The van der Waals surface area contributed by atoms with Crippen LogP contribution in [0, 0.1) is 31.6 Å². The minimum absolute atomic E-state index is 0.103. The first-order valence-corrected chi connectivity index (χ1v) is 14.5. The third-order valence-electron chi connectivity index (χ3n) is 9.67. The van der Waals surface area contributed by atoms with Crippen LogP contribution in [-0.4, -0.2) is 51.6 Å². The predicted octanol–water partition coefficient (Wildman–Crippen LogP) is 4.62. The van der Waals surface area contributed by atoms with Crippen molar-refractivity contribution < 1.29 is 24.2 Å². The van der Waals surface area contributed by atoms with E-state index < -0.39 is 41.0 Å². The fourth-order valence-corrected chi connectivity index (χ4v) is 7.55. The normalized spacial score (nSPS) is 30.2. The highest BCUT2D eigenvalue weighted by molar-refractivity contribution is 6.05. The van der Waals surface area contributed by atoms with Crippen LogP contribution in [0.25, 0.3) is 0 Å². The molecule has 0 radical (unpaired) electrons. The third kappa shape index (κ3) is 4.24. The van der Waals surface area contributed by atoms with Crippen LogP contribution in [0.3, 0.4) is 0 Å². The summed E-state index contributed by atoms with van der Waals surface area (Å²) in [4.78, 5) is 44.5. The van der Waals surface area contributed by atoms with E-state index in [2.05, 4.69) is 10.6 Å². The van der Waals surface area contributed by atoms with Gasteiger partial charge in [0.25, 0.3) is 0 Å². The Balaban J connectivity index is 1.46. The van der Waals surface area contributed by atoms with Crippen molar-refractivity contribution in [2.24, 2.45) is 17.8 Å². The Morgan fingerprint density at radius 1 is 1.00 bits per heavy atom. The standard InChI is InChI=1S/C34H37N3O5/c1-20-15-16-21(2)25(17-20)36-31(40)29-34-18-22(3)33(4,42-34)27(30(39)35-24-13-9-6-10-14-24)28(34)32(41)37(29)26(19-38)23-11-7-5-8-12-23/h5-17,22,26-29,38H,18-19H2,1-4H3,(H,35,39)(H,36,40)/t22?,26-,27+,28+,29?,33-,34?/m1/s1. The summed E-state index contributed by atoms with van der Waals surface area (Å²) < 4.78 is 6.85. The maximum Gasteiger partial charge on any atom is 0.250 e. The van der Waals surface area contributed by atoms with E-state index in [4.69, 9.17) is 4.74 Å². The molecule has 0 aromatic heterocycles. The molecule has 3 aliphatic heterocycles. The maximum atomic E-state index is 14.6. The summed E-state index contributed by atoms with van der Waals surface area (Å²) in [6.07, 6.45) is 0.434. The second-order valence-electron chi connectivity index (χ2n) is 12.2. The van der Waals surface area contributed by atoms with Gasteiger partial charge in [-0.25, -0.2) is 0 Å². The molecule has 3 fully saturated rings. The Kier molecular flexibility index (Phi) is 6.94. The topological polar surface area (TPSA) is 108 Å². The van der Waals surface area contributed by atoms with Crippen LogP contribution < -0.4 is 10.6 Å². The largest absolute Gasteiger partial charge is 0.394 e. The van der Waals surface area contributed by atoms with Crippen molar-refractivity contribution in [1.29, 1.82) is 0 Å². The predicted molar refractivity (Wildman–Crippen MR) is 160 cm³/mol. The number of amides is 3. The maximum absolute atomic E-state index is 14.6. The molecule has 3 saturated heterocycles. The number of aryl methyl sites for hydroxylation is 2. The second-order valence-corrected chi connectivity index (χ2v) is 12.2. The zero-order valence-electron chi connectivity index (χ0n) is 24.3. The van der Waals surface area contributed by atoms with E-state index in [0.29, 0.717) is 23.4 Å². The highest BCUT2D eigenvalue weighted by atomic mass is 16.5. The van der Waals surface area contributed by atoms with E-state index in [1.807, 2.05) is 94.4 Å². The van der Waals surface area contributed by atoms with E-state index in [0.717, 1.165) is 11.1 Å². The van der Waals surface area contributed by atoms with Crippen molar-refractivity contribution in [3.63, 3.8) is 0 Å². The van der Waals surface area contributed by atoms with Gasteiger partial charge in [-0.3, -0.25) is 14.4 Å². The fourth-order valence-electron chi connectivity index (χ4n) is 7.55. The Labute approximate surface area is 246 Å². The molecule has 42 heavy (non-hydrogen) atoms. The number of carbonyl (C=O) groups excluding carboxylic acids is 3. The summed E-state index contributed by atoms with van der Waals surface area (Å²) in [6.45, 7) is 7.38.